The molecule has 1 aromatic carbocycles. The molecule has 1 aliphatic heterocycles. The van der Waals surface area contributed by atoms with Gasteiger partial charge in [-0.25, -0.2) is 0 Å². The van der Waals surface area contributed by atoms with Gasteiger partial charge in [-0.3, -0.25) is 9.88 Å². The van der Waals surface area contributed by atoms with Gasteiger partial charge in [-0.15, -0.1) is 0 Å². The van der Waals surface area contributed by atoms with Crippen molar-refractivity contribution in [2.45, 2.75) is 18.6 Å². The second kappa shape index (κ2) is 6.12. The van der Waals surface area contributed by atoms with Gasteiger partial charge in [0.05, 0.1) is 11.6 Å². The van der Waals surface area contributed by atoms with Crippen molar-refractivity contribution < 1.29 is 5.11 Å². The van der Waals surface area contributed by atoms with Crippen LogP contribution in [0.1, 0.15) is 5.56 Å². The van der Waals surface area contributed by atoms with Crippen LogP contribution in [0.3, 0.4) is 0 Å². The highest BCUT2D eigenvalue weighted by Gasteiger charge is 2.26. The standard InChI is InChI=1S/C16H20N2OS/c1-18-8-9-20-11-15(18)16(19)10-12-6-7-17-14-5-3-2-4-13(12)14/h2-7,15-16,19H,8-11H2,1H3. The molecule has 0 saturated carbocycles. The lowest BCUT2D eigenvalue weighted by molar-refractivity contribution is 0.0765. The van der Waals surface area contributed by atoms with Crippen molar-refractivity contribution >= 4 is 22.7 Å². The van der Waals surface area contributed by atoms with Crippen molar-refractivity contribution in [2.75, 3.05) is 25.1 Å². The van der Waals surface area contributed by atoms with Crippen molar-refractivity contribution in [1.29, 1.82) is 0 Å². The number of thioether (sulfide) groups is 1. The molecule has 4 heteroatoms. The number of pyridine rings is 1. The van der Waals surface area contributed by atoms with E-state index in [1.807, 2.05) is 42.2 Å². The Kier molecular flexibility index (Phi) is 4.24. The third-order valence-corrected chi connectivity index (χ3v) is 5.10. The fourth-order valence-corrected chi connectivity index (χ4v) is 4.11. The smallest absolute Gasteiger partial charge is 0.0743 e. The largest absolute Gasteiger partial charge is 0.391 e. The summed E-state index contributed by atoms with van der Waals surface area (Å²) in [4.78, 5) is 6.66. The summed E-state index contributed by atoms with van der Waals surface area (Å²) in [5, 5.41) is 11.7. The van der Waals surface area contributed by atoms with Crippen molar-refractivity contribution in [3.8, 4) is 0 Å². The summed E-state index contributed by atoms with van der Waals surface area (Å²) in [5.41, 5.74) is 2.19. The lowest BCUT2D eigenvalue weighted by Gasteiger charge is -2.35. The van der Waals surface area contributed by atoms with Gasteiger partial charge in [0.1, 0.15) is 0 Å². The number of hydrogen-bond donors (Lipinski definition) is 1. The molecule has 1 N–H and O–H groups in total. The van der Waals surface area contributed by atoms with E-state index in [1.165, 1.54) is 5.56 Å². The van der Waals surface area contributed by atoms with E-state index in [1.54, 1.807) is 0 Å². The van der Waals surface area contributed by atoms with Crippen LogP contribution >= 0.6 is 11.8 Å². The first-order chi connectivity index (χ1) is 9.75. The molecule has 2 heterocycles. The highest BCUT2D eigenvalue weighted by Crippen LogP contribution is 2.22. The van der Waals surface area contributed by atoms with Crippen LogP contribution in [0.4, 0.5) is 0 Å². The van der Waals surface area contributed by atoms with Gasteiger partial charge < -0.3 is 5.11 Å². The first kappa shape index (κ1) is 13.9. The van der Waals surface area contributed by atoms with Crippen LogP contribution < -0.4 is 0 Å². The number of nitrogens with zero attached hydrogens (tertiary/aromatic N) is 2. The van der Waals surface area contributed by atoms with Gasteiger partial charge in [0.15, 0.2) is 0 Å². The van der Waals surface area contributed by atoms with Gasteiger partial charge in [0, 0.05) is 42.1 Å². The molecule has 2 unspecified atom stereocenters. The molecule has 1 aliphatic rings. The maximum absolute atomic E-state index is 10.6. The van der Waals surface area contributed by atoms with E-state index >= 15 is 0 Å². The molecule has 2 aromatic rings. The molecule has 3 nitrogen and oxygen atoms in total. The summed E-state index contributed by atoms with van der Waals surface area (Å²) in [6, 6.07) is 10.4. The summed E-state index contributed by atoms with van der Waals surface area (Å²) in [6.07, 6.45) is 2.21. The maximum atomic E-state index is 10.6. The van der Waals surface area contributed by atoms with Crippen LogP contribution in [0.5, 0.6) is 0 Å². The molecule has 0 bridgehead atoms. The van der Waals surface area contributed by atoms with Crippen LogP contribution in [0, 0.1) is 0 Å². The number of aliphatic hydroxyl groups is 1. The van der Waals surface area contributed by atoms with Gasteiger partial charge in [-0.2, -0.15) is 11.8 Å². The minimum absolute atomic E-state index is 0.251. The number of likely N-dealkylation sites (N-methyl/N-ethyl adjacent to an activating group) is 1. The summed E-state index contributed by atoms with van der Waals surface area (Å²) >= 11 is 1.94. The maximum Gasteiger partial charge on any atom is 0.0743 e. The molecule has 0 aliphatic carbocycles. The molecule has 106 valence electrons. The quantitative estimate of drug-likeness (QED) is 0.939. The van der Waals surface area contributed by atoms with Crippen LogP contribution in [0.15, 0.2) is 36.5 Å². The first-order valence-electron chi connectivity index (χ1n) is 7.04. The molecule has 0 amide bonds. The topological polar surface area (TPSA) is 36.4 Å². The monoisotopic (exact) mass is 288 g/mol. The molecule has 3 rings (SSSR count). The molecule has 1 saturated heterocycles. The molecule has 1 aromatic heterocycles. The van der Waals surface area contributed by atoms with E-state index < -0.39 is 0 Å². The third-order valence-electron chi connectivity index (χ3n) is 4.06. The van der Waals surface area contributed by atoms with Crippen LogP contribution in [-0.2, 0) is 6.42 Å². The molecule has 0 spiro atoms. The van der Waals surface area contributed by atoms with Gasteiger partial charge in [-0.1, -0.05) is 18.2 Å². The molecule has 1 fully saturated rings. The average Bonchev–Trinajstić information content (AvgIpc) is 2.48. The third kappa shape index (κ3) is 2.82. The second-order valence-electron chi connectivity index (χ2n) is 5.38. The van der Waals surface area contributed by atoms with E-state index in [2.05, 4.69) is 23.0 Å². The fraction of sp³-hybridized carbons (Fsp3) is 0.438. The molecule has 20 heavy (non-hydrogen) atoms. The first-order valence-corrected chi connectivity index (χ1v) is 8.20. The van der Waals surface area contributed by atoms with Crippen LogP contribution in [0.25, 0.3) is 10.9 Å². The number of fused-ring (bicyclic) bond motifs is 1. The van der Waals surface area contributed by atoms with Crippen molar-refractivity contribution in [3.63, 3.8) is 0 Å². The number of rotatable bonds is 3. The minimum Gasteiger partial charge on any atom is -0.391 e. The Balaban J connectivity index is 1.82. The summed E-state index contributed by atoms with van der Waals surface area (Å²) in [5.74, 6) is 2.18. The van der Waals surface area contributed by atoms with Gasteiger partial charge in [0.25, 0.3) is 0 Å². The molecular weight excluding hydrogens is 268 g/mol. The summed E-state index contributed by atoms with van der Waals surface area (Å²) in [7, 11) is 2.11. The Morgan fingerprint density at radius 3 is 3.10 bits per heavy atom. The van der Waals surface area contributed by atoms with Gasteiger partial charge in [-0.05, 0) is 24.7 Å². The summed E-state index contributed by atoms with van der Waals surface area (Å²) < 4.78 is 0. The van der Waals surface area contributed by atoms with E-state index in [-0.39, 0.29) is 12.1 Å². The van der Waals surface area contributed by atoms with Crippen molar-refractivity contribution in [3.05, 3.63) is 42.1 Å². The zero-order valence-electron chi connectivity index (χ0n) is 11.7. The molecular formula is C16H20N2OS. The minimum atomic E-state index is -0.321. The fourth-order valence-electron chi connectivity index (χ4n) is 2.80. The predicted molar refractivity (Wildman–Crippen MR) is 85.2 cm³/mol. The van der Waals surface area contributed by atoms with Crippen molar-refractivity contribution in [1.82, 2.24) is 9.88 Å². The van der Waals surface area contributed by atoms with E-state index in [0.717, 1.165) is 29.0 Å². The molecule has 2 atom stereocenters. The SMILES string of the molecule is CN1CCSCC1C(O)Cc1ccnc2ccccc12. The second-order valence-corrected chi connectivity index (χ2v) is 6.53. The average molecular weight is 288 g/mol. The normalized spacial score (nSPS) is 22.0. The number of aliphatic hydroxyl groups excluding tert-OH is 1. The Morgan fingerprint density at radius 1 is 1.40 bits per heavy atom. The van der Waals surface area contributed by atoms with E-state index in [4.69, 9.17) is 0 Å². The van der Waals surface area contributed by atoms with E-state index in [0.29, 0.717) is 6.42 Å². The number of hydrogen-bond acceptors (Lipinski definition) is 4. The zero-order valence-corrected chi connectivity index (χ0v) is 12.5. The van der Waals surface area contributed by atoms with E-state index in [9.17, 15) is 5.11 Å². The lowest BCUT2D eigenvalue weighted by atomic mass is 9.99. The Labute approximate surface area is 124 Å². The van der Waals surface area contributed by atoms with Gasteiger partial charge >= 0.3 is 0 Å². The number of para-hydroxylation sites is 1. The number of benzene rings is 1. The summed E-state index contributed by atoms with van der Waals surface area (Å²) in [6.45, 7) is 1.06. The Morgan fingerprint density at radius 2 is 2.25 bits per heavy atom. The van der Waals surface area contributed by atoms with Crippen LogP contribution in [-0.4, -0.2) is 52.2 Å². The predicted octanol–water partition coefficient (Wildman–Crippen LogP) is 2.19. The highest BCUT2D eigenvalue weighted by molar-refractivity contribution is 7.99. The lowest BCUT2D eigenvalue weighted by Crippen LogP contribution is -2.47. The zero-order chi connectivity index (χ0) is 13.9. The molecule has 0 radical (unpaired) electrons. The highest BCUT2D eigenvalue weighted by atomic mass is 32.2. The van der Waals surface area contributed by atoms with Gasteiger partial charge in [0.2, 0.25) is 0 Å². The van der Waals surface area contributed by atoms with Crippen molar-refractivity contribution in [2.24, 2.45) is 0 Å². The van der Waals surface area contributed by atoms with Crippen LogP contribution in [0.2, 0.25) is 0 Å². The number of aromatic nitrogens is 1. The Bertz CT molecular complexity index is 584. The Hall–Kier alpha value is -1.10.